The zero-order valence-corrected chi connectivity index (χ0v) is 8.86. The predicted octanol–water partition coefficient (Wildman–Crippen LogP) is 2.21. The molecule has 0 aliphatic rings. The molecule has 1 aromatic carbocycles. The fourth-order valence-corrected chi connectivity index (χ4v) is 1.67. The molecule has 1 rings (SSSR count). The third kappa shape index (κ3) is 2.02. The molecular weight excluding hydrogens is 260 g/mol. The van der Waals surface area contributed by atoms with Crippen LogP contribution >= 0.6 is 15.9 Å². The summed E-state index contributed by atoms with van der Waals surface area (Å²) in [6, 6.07) is 0.960. The van der Waals surface area contributed by atoms with Crippen molar-refractivity contribution in [1.82, 2.24) is 5.48 Å². The molecule has 0 aliphatic carbocycles. The van der Waals surface area contributed by atoms with Crippen molar-refractivity contribution in [3.8, 4) is 5.75 Å². The van der Waals surface area contributed by atoms with Crippen LogP contribution in [-0.2, 0) is 6.54 Å². The van der Waals surface area contributed by atoms with E-state index in [0.717, 1.165) is 6.07 Å². The van der Waals surface area contributed by atoms with Gasteiger partial charge in [0.25, 0.3) is 0 Å². The lowest BCUT2D eigenvalue weighted by atomic mass is 10.2. The molecule has 0 radical (unpaired) electrons. The number of halogens is 3. The molecule has 6 heteroatoms. The van der Waals surface area contributed by atoms with Gasteiger partial charge in [-0.05, 0) is 22.0 Å². The van der Waals surface area contributed by atoms with Crippen molar-refractivity contribution >= 4 is 15.9 Å². The molecule has 78 valence electrons. The lowest BCUT2D eigenvalue weighted by Crippen LogP contribution is -2.09. The molecule has 0 unspecified atom stereocenters. The second-order valence-corrected chi connectivity index (χ2v) is 3.31. The maximum atomic E-state index is 13.0. The molecule has 0 fully saturated rings. The molecule has 0 aromatic heterocycles. The van der Waals surface area contributed by atoms with Crippen LogP contribution in [0, 0.1) is 11.6 Å². The Morgan fingerprint density at radius 1 is 1.57 bits per heavy atom. The highest BCUT2D eigenvalue weighted by Crippen LogP contribution is 2.33. The summed E-state index contributed by atoms with van der Waals surface area (Å²) in [5.74, 6) is -1.85. The van der Waals surface area contributed by atoms with Gasteiger partial charge in [-0.25, -0.2) is 14.3 Å². The lowest BCUT2D eigenvalue weighted by molar-refractivity contribution is 0.160. The first-order chi connectivity index (χ1) is 6.61. The van der Waals surface area contributed by atoms with Crippen molar-refractivity contribution in [1.29, 1.82) is 0 Å². The van der Waals surface area contributed by atoms with Crippen LogP contribution in [-0.4, -0.2) is 12.3 Å². The van der Waals surface area contributed by atoms with E-state index in [-0.39, 0.29) is 16.8 Å². The lowest BCUT2D eigenvalue weighted by Gasteiger charge is -2.10. The van der Waals surface area contributed by atoms with Gasteiger partial charge in [0.15, 0.2) is 11.6 Å². The fourth-order valence-electron chi connectivity index (χ4n) is 1.06. The van der Waals surface area contributed by atoms with Gasteiger partial charge in [-0.2, -0.15) is 0 Å². The summed E-state index contributed by atoms with van der Waals surface area (Å²) in [5, 5.41) is 8.45. The highest BCUT2D eigenvalue weighted by molar-refractivity contribution is 9.10. The van der Waals surface area contributed by atoms with E-state index in [2.05, 4.69) is 15.9 Å². The molecule has 3 nitrogen and oxygen atoms in total. The second kappa shape index (κ2) is 4.68. The standard InChI is InChI=1S/C8H8BrF2NO2/c1-14-8-4(3-12-13)2-5(10)7(11)6(8)9/h2,12-13H,3H2,1H3. The average molecular weight is 268 g/mol. The minimum Gasteiger partial charge on any atom is -0.495 e. The molecule has 0 amide bonds. The number of methoxy groups -OCH3 is 1. The number of hydrogen-bond acceptors (Lipinski definition) is 3. The van der Waals surface area contributed by atoms with Gasteiger partial charge in [0.2, 0.25) is 0 Å². The molecular formula is C8H8BrF2NO2. The predicted molar refractivity (Wildman–Crippen MR) is 49.2 cm³/mol. The molecule has 0 aliphatic heterocycles. The molecule has 2 N–H and O–H groups in total. The topological polar surface area (TPSA) is 41.5 Å². The van der Waals surface area contributed by atoms with Gasteiger partial charge in [-0.3, -0.25) is 0 Å². The number of hydrogen-bond donors (Lipinski definition) is 2. The van der Waals surface area contributed by atoms with Gasteiger partial charge in [-0.15, -0.1) is 0 Å². The zero-order valence-electron chi connectivity index (χ0n) is 7.27. The van der Waals surface area contributed by atoms with E-state index in [9.17, 15) is 8.78 Å². The van der Waals surface area contributed by atoms with Gasteiger partial charge in [0, 0.05) is 12.1 Å². The van der Waals surface area contributed by atoms with Crippen molar-refractivity contribution in [3.05, 3.63) is 27.7 Å². The average Bonchev–Trinajstić information content (AvgIpc) is 2.16. The molecule has 1 aromatic rings. The molecule has 0 saturated heterocycles. The van der Waals surface area contributed by atoms with Crippen LogP contribution in [0.25, 0.3) is 0 Å². The molecule has 0 atom stereocenters. The van der Waals surface area contributed by atoms with Crippen molar-refractivity contribution in [2.45, 2.75) is 6.54 Å². The Hall–Kier alpha value is -0.720. The highest BCUT2D eigenvalue weighted by atomic mass is 79.9. The van der Waals surface area contributed by atoms with Crippen molar-refractivity contribution in [2.24, 2.45) is 0 Å². The van der Waals surface area contributed by atoms with Gasteiger partial charge < -0.3 is 9.94 Å². The second-order valence-electron chi connectivity index (χ2n) is 2.51. The first-order valence-electron chi connectivity index (χ1n) is 3.69. The van der Waals surface area contributed by atoms with Crippen LogP contribution in [0.15, 0.2) is 10.5 Å². The number of nitrogens with one attached hydrogen (secondary N) is 1. The maximum absolute atomic E-state index is 13.0. The van der Waals surface area contributed by atoms with Crippen LogP contribution in [0.2, 0.25) is 0 Å². The van der Waals surface area contributed by atoms with Crippen molar-refractivity contribution in [3.63, 3.8) is 0 Å². The van der Waals surface area contributed by atoms with Gasteiger partial charge in [0.1, 0.15) is 5.75 Å². The molecule has 0 bridgehead atoms. The Kier molecular flexibility index (Phi) is 3.79. The summed E-state index contributed by atoms with van der Waals surface area (Å²) in [6.07, 6.45) is 0. The summed E-state index contributed by atoms with van der Waals surface area (Å²) in [4.78, 5) is 0. The number of hydroxylamine groups is 1. The molecule has 14 heavy (non-hydrogen) atoms. The normalized spacial score (nSPS) is 10.4. The number of benzene rings is 1. The number of rotatable bonds is 3. The van der Waals surface area contributed by atoms with Crippen LogP contribution in [0.4, 0.5) is 8.78 Å². The van der Waals surface area contributed by atoms with E-state index >= 15 is 0 Å². The molecule has 0 heterocycles. The highest BCUT2D eigenvalue weighted by Gasteiger charge is 2.16. The Bertz CT molecular complexity index is 347. The minimum atomic E-state index is -1.01. The Balaban J connectivity index is 3.28. The van der Waals surface area contributed by atoms with E-state index in [1.54, 1.807) is 0 Å². The molecule has 0 saturated carbocycles. The third-order valence-electron chi connectivity index (χ3n) is 1.67. The summed E-state index contributed by atoms with van der Waals surface area (Å²) >= 11 is 2.86. The Morgan fingerprint density at radius 2 is 2.21 bits per heavy atom. The summed E-state index contributed by atoms with van der Waals surface area (Å²) < 4.78 is 30.7. The smallest absolute Gasteiger partial charge is 0.176 e. The van der Waals surface area contributed by atoms with E-state index in [1.165, 1.54) is 7.11 Å². The van der Waals surface area contributed by atoms with Gasteiger partial charge >= 0.3 is 0 Å². The zero-order chi connectivity index (χ0) is 10.7. The summed E-state index contributed by atoms with van der Waals surface area (Å²) in [5.41, 5.74) is 2.16. The number of ether oxygens (including phenoxy) is 1. The van der Waals surface area contributed by atoms with Crippen molar-refractivity contribution < 1.29 is 18.7 Å². The monoisotopic (exact) mass is 267 g/mol. The van der Waals surface area contributed by atoms with Crippen LogP contribution in [0.1, 0.15) is 5.56 Å². The SMILES string of the molecule is COc1c(CNO)cc(F)c(F)c1Br. The Morgan fingerprint density at radius 3 is 2.71 bits per heavy atom. The first-order valence-corrected chi connectivity index (χ1v) is 4.48. The van der Waals surface area contributed by atoms with Crippen LogP contribution in [0.5, 0.6) is 5.75 Å². The van der Waals surface area contributed by atoms with Crippen LogP contribution < -0.4 is 10.2 Å². The minimum absolute atomic E-state index is 0.0288. The fraction of sp³-hybridized carbons (Fsp3) is 0.250. The molecule has 0 spiro atoms. The maximum Gasteiger partial charge on any atom is 0.176 e. The van der Waals surface area contributed by atoms with Crippen LogP contribution in [0.3, 0.4) is 0 Å². The largest absolute Gasteiger partial charge is 0.495 e. The quantitative estimate of drug-likeness (QED) is 0.652. The van der Waals surface area contributed by atoms with E-state index in [1.807, 2.05) is 5.48 Å². The van der Waals surface area contributed by atoms with Crippen molar-refractivity contribution in [2.75, 3.05) is 7.11 Å². The summed E-state index contributed by atoms with van der Waals surface area (Å²) in [7, 11) is 1.33. The van der Waals surface area contributed by atoms with E-state index in [0.29, 0.717) is 5.56 Å². The van der Waals surface area contributed by atoms with Gasteiger partial charge in [-0.1, -0.05) is 0 Å². The van der Waals surface area contributed by atoms with Gasteiger partial charge in [0.05, 0.1) is 11.6 Å². The summed E-state index contributed by atoms with van der Waals surface area (Å²) in [6.45, 7) is -0.0288. The third-order valence-corrected chi connectivity index (χ3v) is 2.38. The van der Waals surface area contributed by atoms with E-state index in [4.69, 9.17) is 9.94 Å². The Labute approximate surface area is 87.8 Å². The van der Waals surface area contributed by atoms with E-state index < -0.39 is 11.6 Å². The first kappa shape index (κ1) is 11.4.